The summed E-state index contributed by atoms with van der Waals surface area (Å²) in [6.45, 7) is 3.81. The van der Waals surface area contributed by atoms with E-state index in [-0.39, 0.29) is 18.0 Å². The first kappa shape index (κ1) is 14.4. The van der Waals surface area contributed by atoms with Crippen LogP contribution in [0.5, 0.6) is 5.75 Å². The largest absolute Gasteiger partial charge is 0.487 e. The Balaban J connectivity index is 2.81. The Morgan fingerprint density at radius 1 is 1.50 bits per heavy atom. The van der Waals surface area contributed by atoms with Crippen LogP contribution >= 0.6 is 0 Å². The first-order valence-corrected chi connectivity index (χ1v) is 5.66. The van der Waals surface area contributed by atoms with E-state index in [0.717, 1.165) is 5.56 Å². The number of nitro groups is 1. The molecule has 0 fully saturated rings. The zero-order chi connectivity index (χ0) is 13.8. The van der Waals surface area contributed by atoms with Gasteiger partial charge in [-0.2, -0.15) is 0 Å². The fourth-order valence-corrected chi connectivity index (χ4v) is 1.36. The van der Waals surface area contributed by atoms with E-state index in [1.54, 1.807) is 26.0 Å². The molecular formula is C12H18N2O4. The van der Waals surface area contributed by atoms with Crippen molar-refractivity contribution in [2.24, 2.45) is 5.73 Å². The fraction of sp³-hybridized carbons (Fsp3) is 0.500. The molecule has 0 bridgehead atoms. The van der Waals surface area contributed by atoms with Crippen molar-refractivity contribution in [2.75, 3.05) is 6.61 Å². The second-order valence-corrected chi connectivity index (χ2v) is 4.67. The van der Waals surface area contributed by atoms with Crippen LogP contribution in [0.15, 0.2) is 18.2 Å². The van der Waals surface area contributed by atoms with Gasteiger partial charge in [-0.1, -0.05) is 6.07 Å². The topological polar surface area (TPSA) is 98.6 Å². The first-order chi connectivity index (χ1) is 8.33. The van der Waals surface area contributed by atoms with Crippen molar-refractivity contribution in [3.63, 3.8) is 0 Å². The van der Waals surface area contributed by atoms with Gasteiger partial charge in [-0.05, 0) is 25.5 Å². The lowest BCUT2D eigenvalue weighted by Gasteiger charge is -2.17. The van der Waals surface area contributed by atoms with Crippen molar-refractivity contribution in [3.8, 4) is 5.75 Å². The highest BCUT2D eigenvalue weighted by molar-refractivity contribution is 5.48. The monoisotopic (exact) mass is 254 g/mol. The highest BCUT2D eigenvalue weighted by Gasteiger charge is 2.17. The molecular weight excluding hydrogens is 236 g/mol. The van der Waals surface area contributed by atoms with E-state index in [1.165, 1.54) is 6.07 Å². The fourth-order valence-electron chi connectivity index (χ4n) is 1.36. The van der Waals surface area contributed by atoms with Gasteiger partial charge in [0.1, 0.15) is 0 Å². The maximum Gasteiger partial charge on any atom is 0.310 e. The molecule has 0 aliphatic heterocycles. The normalized spacial score (nSPS) is 11.3. The SMILES string of the molecule is CC(C)(O)CCOc1cc(CN)ccc1[N+](=O)[O-]. The summed E-state index contributed by atoms with van der Waals surface area (Å²) in [7, 11) is 0. The number of nitrogens with zero attached hydrogens (tertiary/aromatic N) is 1. The van der Waals surface area contributed by atoms with E-state index >= 15 is 0 Å². The zero-order valence-corrected chi connectivity index (χ0v) is 10.5. The number of nitrogens with two attached hydrogens (primary N) is 1. The molecule has 0 saturated heterocycles. The molecule has 6 heteroatoms. The Kier molecular flexibility index (Phi) is 4.63. The zero-order valence-electron chi connectivity index (χ0n) is 10.5. The third-order valence-corrected chi connectivity index (χ3v) is 2.43. The van der Waals surface area contributed by atoms with E-state index in [9.17, 15) is 15.2 Å². The van der Waals surface area contributed by atoms with E-state index in [4.69, 9.17) is 10.5 Å². The van der Waals surface area contributed by atoms with Gasteiger partial charge in [0.15, 0.2) is 5.75 Å². The summed E-state index contributed by atoms with van der Waals surface area (Å²) >= 11 is 0. The van der Waals surface area contributed by atoms with Crippen LogP contribution in [-0.4, -0.2) is 22.2 Å². The van der Waals surface area contributed by atoms with Crippen LogP contribution < -0.4 is 10.5 Å². The Hall–Kier alpha value is -1.66. The molecule has 100 valence electrons. The number of rotatable bonds is 6. The minimum Gasteiger partial charge on any atom is -0.487 e. The second kappa shape index (κ2) is 5.79. The predicted molar refractivity (Wildman–Crippen MR) is 67.4 cm³/mol. The maximum atomic E-state index is 10.8. The van der Waals surface area contributed by atoms with Gasteiger partial charge in [-0.15, -0.1) is 0 Å². The molecule has 0 aliphatic rings. The Morgan fingerprint density at radius 2 is 2.17 bits per heavy atom. The standard InChI is InChI=1S/C12H18N2O4/c1-12(2,15)5-6-18-11-7-9(8-13)3-4-10(11)14(16)17/h3-4,7,15H,5-6,8,13H2,1-2H3. The summed E-state index contributed by atoms with van der Waals surface area (Å²) < 4.78 is 5.36. The molecule has 6 nitrogen and oxygen atoms in total. The lowest BCUT2D eigenvalue weighted by molar-refractivity contribution is -0.385. The molecule has 0 spiro atoms. The molecule has 1 rings (SSSR count). The van der Waals surface area contributed by atoms with Crippen LogP contribution in [0.25, 0.3) is 0 Å². The Bertz CT molecular complexity index is 427. The molecule has 0 saturated carbocycles. The van der Waals surface area contributed by atoms with Crippen molar-refractivity contribution in [3.05, 3.63) is 33.9 Å². The van der Waals surface area contributed by atoms with Gasteiger partial charge in [0.2, 0.25) is 0 Å². The Morgan fingerprint density at radius 3 is 2.67 bits per heavy atom. The van der Waals surface area contributed by atoms with E-state index in [2.05, 4.69) is 0 Å². The van der Waals surface area contributed by atoms with Crippen LogP contribution in [0.2, 0.25) is 0 Å². The van der Waals surface area contributed by atoms with Crippen molar-refractivity contribution in [1.29, 1.82) is 0 Å². The summed E-state index contributed by atoms with van der Waals surface area (Å²) in [5.74, 6) is 0.187. The number of benzene rings is 1. The second-order valence-electron chi connectivity index (χ2n) is 4.67. The van der Waals surface area contributed by atoms with Gasteiger partial charge in [0.05, 0.1) is 17.1 Å². The van der Waals surface area contributed by atoms with E-state index in [0.29, 0.717) is 13.0 Å². The van der Waals surface area contributed by atoms with Gasteiger partial charge >= 0.3 is 5.69 Å². The van der Waals surface area contributed by atoms with Crippen LogP contribution in [0.3, 0.4) is 0 Å². The summed E-state index contributed by atoms with van der Waals surface area (Å²) in [5.41, 5.74) is 5.28. The summed E-state index contributed by atoms with van der Waals surface area (Å²) in [4.78, 5) is 10.3. The average molecular weight is 254 g/mol. The molecule has 0 aromatic heterocycles. The molecule has 0 radical (unpaired) electrons. The third kappa shape index (κ3) is 4.31. The minimum atomic E-state index is -0.861. The highest BCUT2D eigenvalue weighted by atomic mass is 16.6. The summed E-state index contributed by atoms with van der Waals surface area (Å²) in [5, 5.41) is 20.4. The highest BCUT2D eigenvalue weighted by Crippen LogP contribution is 2.28. The van der Waals surface area contributed by atoms with Crippen LogP contribution in [0, 0.1) is 10.1 Å². The van der Waals surface area contributed by atoms with Gasteiger partial charge in [0.25, 0.3) is 0 Å². The van der Waals surface area contributed by atoms with Crippen LogP contribution in [0.4, 0.5) is 5.69 Å². The number of hydrogen-bond acceptors (Lipinski definition) is 5. The maximum absolute atomic E-state index is 10.8. The molecule has 18 heavy (non-hydrogen) atoms. The van der Waals surface area contributed by atoms with Gasteiger partial charge in [0, 0.05) is 19.0 Å². The lowest BCUT2D eigenvalue weighted by Crippen LogP contribution is -2.22. The molecule has 0 amide bonds. The average Bonchev–Trinajstić information content (AvgIpc) is 2.26. The number of hydrogen-bond donors (Lipinski definition) is 2. The molecule has 0 aliphatic carbocycles. The number of ether oxygens (including phenoxy) is 1. The van der Waals surface area contributed by atoms with E-state index in [1.807, 2.05) is 0 Å². The van der Waals surface area contributed by atoms with Gasteiger partial charge < -0.3 is 15.6 Å². The third-order valence-electron chi connectivity index (χ3n) is 2.43. The number of nitro benzene ring substituents is 1. The molecule has 1 aromatic carbocycles. The molecule has 0 atom stereocenters. The van der Waals surface area contributed by atoms with Crippen LogP contribution in [-0.2, 0) is 6.54 Å². The lowest BCUT2D eigenvalue weighted by atomic mass is 10.1. The van der Waals surface area contributed by atoms with Crippen molar-refractivity contribution in [1.82, 2.24) is 0 Å². The molecule has 3 N–H and O–H groups in total. The first-order valence-electron chi connectivity index (χ1n) is 5.66. The molecule has 0 heterocycles. The van der Waals surface area contributed by atoms with Gasteiger partial charge in [-0.25, -0.2) is 0 Å². The van der Waals surface area contributed by atoms with Gasteiger partial charge in [-0.3, -0.25) is 10.1 Å². The van der Waals surface area contributed by atoms with Crippen molar-refractivity contribution in [2.45, 2.75) is 32.4 Å². The minimum absolute atomic E-state index is 0.0945. The van der Waals surface area contributed by atoms with Crippen LogP contribution in [0.1, 0.15) is 25.8 Å². The molecule has 1 aromatic rings. The van der Waals surface area contributed by atoms with E-state index < -0.39 is 10.5 Å². The summed E-state index contributed by atoms with van der Waals surface area (Å²) in [6.07, 6.45) is 0.386. The quantitative estimate of drug-likeness (QED) is 0.593. The summed E-state index contributed by atoms with van der Waals surface area (Å²) in [6, 6.07) is 4.53. The Labute approximate surface area is 106 Å². The van der Waals surface area contributed by atoms with Crippen molar-refractivity contribution >= 4 is 5.69 Å². The predicted octanol–water partition coefficient (Wildman–Crippen LogP) is 1.59. The van der Waals surface area contributed by atoms with Crippen molar-refractivity contribution < 1.29 is 14.8 Å². The smallest absolute Gasteiger partial charge is 0.310 e. The number of aliphatic hydroxyl groups is 1. The molecule has 0 unspecified atom stereocenters.